The van der Waals surface area contributed by atoms with E-state index in [1.54, 1.807) is 0 Å². The second kappa shape index (κ2) is 7.17. The van der Waals surface area contributed by atoms with Crippen molar-refractivity contribution in [3.8, 4) is 11.5 Å². The molecule has 0 aliphatic carbocycles. The SMILES string of the molecule is [CH3][SnH]([CH3])[CH2]CCCOc1ccc2c(c1)OCCC2=O. The van der Waals surface area contributed by atoms with Gasteiger partial charge in [0.15, 0.2) is 0 Å². The molecule has 0 fully saturated rings. The Kier molecular flexibility index (Phi) is 5.55. The molecule has 0 radical (unpaired) electrons. The van der Waals surface area contributed by atoms with E-state index in [0.717, 1.165) is 18.8 Å². The molecule has 0 saturated carbocycles. The summed E-state index contributed by atoms with van der Waals surface area (Å²) in [6, 6.07) is 5.53. The Bertz CT molecular complexity index is 443. The zero-order chi connectivity index (χ0) is 13.7. The number of unbranched alkanes of at least 4 members (excludes halogenated alkanes) is 1. The van der Waals surface area contributed by atoms with Crippen LogP contribution in [0.15, 0.2) is 18.2 Å². The van der Waals surface area contributed by atoms with E-state index in [9.17, 15) is 4.79 Å². The molecule has 0 aromatic heterocycles. The summed E-state index contributed by atoms with van der Waals surface area (Å²) in [6.45, 7) is 1.24. The van der Waals surface area contributed by atoms with E-state index in [1.807, 2.05) is 18.2 Å². The van der Waals surface area contributed by atoms with Crippen molar-refractivity contribution in [1.29, 1.82) is 0 Å². The predicted octanol–water partition coefficient (Wildman–Crippen LogP) is 3.30. The van der Waals surface area contributed by atoms with Crippen molar-refractivity contribution in [2.24, 2.45) is 0 Å². The van der Waals surface area contributed by atoms with Crippen LogP contribution in [0.5, 0.6) is 11.5 Å². The van der Waals surface area contributed by atoms with Crippen molar-refractivity contribution >= 4 is 25.5 Å². The second-order valence-corrected chi connectivity index (χ2v) is 15.0. The molecule has 0 atom stereocenters. The van der Waals surface area contributed by atoms with Crippen LogP contribution in [0.3, 0.4) is 0 Å². The van der Waals surface area contributed by atoms with Gasteiger partial charge < -0.3 is 0 Å². The van der Waals surface area contributed by atoms with Crippen LogP contribution in [-0.4, -0.2) is 38.8 Å². The van der Waals surface area contributed by atoms with Crippen LogP contribution in [0.1, 0.15) is 29.6 Å². The molecular weight excluding hydrogens is 347 g/mol. The van der Waals surface area contributed by atoms with Gasteiger partial charge in [-0.2, -0.15) is 0 Å². The molecule has 1 aromatic rings. The van der Waals surface area contributed by atoms with Gasteiger partial charge >= 0.3 is 122 Å². The number of benzene rings is 1. The van der Waals surface area contributed by atoms with Crippen LogP contribution in [0.2, 0.25) is 14.3 Å². The Labute approximate surface area is 122 Å². The van der Waals surface area contributed by atoms with Crippen molar-refractivity contribution in [1.82, 2.24) is 0 Å². The second-order valence-electron chi connectivity index (χ2n) is 5.42. The normalized spacial score (nSPS) is 14.2. The molecular formula is C15H22O3Sn. The Morgan fingerprint density at radius 1 is 1.32 bits per heavy atom. The van der Waals surface area contributed by atoms with E-state index in [0.29, 0.717) is 24.3 Å². The zero-order valence-corrected chi connectivity index (χ0v) is 15.1. The van der Waals surface area contributed by atoms with Gasteiger partial charge in [-0.3, -0.25) is 0 Å². The van der Waals surface area contributed by atoms with Crippen molar-refractivity contribution < 1.29 is 14.3 Å². The van der Waals surface area contributed by atoms with Crippen LogP contribution in [0.25, 0.3) is 0 Å². The number of hydrogen-bond acceptors (Lipinski definition) is 3. The molecule has 1 aliphatic rings. The molecule has 1 aliphatic heterocycles. The number of fused-ring (bicyclic) bond motifs is 1. The summed E-state index contributed by atoms with van der Waals surface area (Å²) in [6.07, 6.45) is 2.88. The van der Waals surface area contributed by atoms with E-state index >= 15 is 0 Å². The quantitative estimate of drug-likeness (QED) is 0.570. The number of carbonyl (C=O) groups is 1. The molecule has 0 N–H and O–H groups in total. The van der Waals surface area contributed by atoms with Gasteiger partial charge in [0, 0.05) is 0 Å². The molecule has 104 valence electrons. The summed E-state index contributed by atoms with van der Waals surface area (Å²) in [5.41, 5.74) is 0.687. The first-order valence-corrected chi connectivity index (χ1v) is 16.0. The minimum absolute atomic E-state index is 0.164. The number of Topliss-reactive ketones (excluding diaryl/α,β-unsaturated/α-hetero) is 1. The van der Waals surface area contributed by atoms with Gasteiger partial charge in [-0.25, -0.2) is 0 Å². The average molecular weight is 369 g/mol. The number of ether oxygens (including phenoxy) is 2. The molecule has 1 aromatic carbocycles. The number of ketones is 1. The third-order valence-electron chi connectivity index (χ3n) is 3.28. The molecule has 0 saturated heterocycles. The summed E-state index contributed by atoms with van der Waals surface area (Å²) in [5, 5.41) is 0. The maximum absolute atomic E-state index is 11.6. The molecule has 0 spiro atoms. The molecule has 3 nitrogen and oxygen atoms in total. The third kappa shape index (κ3) is 4.40. The topological polar surface area (TPSA) is 35.5 Å². The summed E-state index contributed by atoms with van der Waals surface area (Å²) < 4.78 is 12.7. The zero-order valence-electron chi connectivity index (χ0n) is 11.8. The molecule has 19 heavy (non-hydrogen) atoms. The molecule has 0 bridgehead atoms. The molecule has 0 amide bonds. The molecule has 2 rings (SSSR count). The van der Waals surface area contributed by atoms with Crippen molar-refractivity contribution in [3.63, 3.8) is 0 Å². The monoisotopic (exact) mass is 370 g/mol. The standard InChI is InChI=1S/C13H15O3.2CH3.Sn.H/c1-2-3-7-15-10-4-5-11-12(14)6-8-16-13(11)9-10;;;;/h4-5,9H,1-3,6-8H2;2*1H3;;. The first-order chi connectivity index (χ1) is 9.16. The first-order valence-electron chi connectivity index (χ1n) is 7.09. The number of hydrogen-bond donors (Lipinski definition) is 0. The predicted molar refractivity (Wildman–Crippen MR) is 79.3 cm³/mol. The van der Waals surface area contributed by atoms with Crippen molar-refractivity contribution in [2.75, 3.05) is 13.2 Å². The van der Waals surface area contributed by atoms with Crippen LogP contribution in [-0.2, 0) is 0 Å². The Balaban J connectivity index is 1.83. The Hall–Kier alpha value is -0.711. The third-order valence-corrected chi connectivity index (χ3v) is 7.75. The van der Waals surface area contributed by atoms with E-state index < -0.39 is 19.8 Å². The average Bonchev–Trinajstić information content (AvgIpc) is 2.38. The van der Waals surface area contributed by atoms with Gasteiger partial charge in [0.2, 0.25) is 0 Å². The summed E-state index contributed by atoms with van der Waals surface area (Å²) in [7, 11) is 0. The van der Waals surface area contributed by atoms with E-state index in [-0.39, 0.29) is 5.78 Å². The Morgan fingerprint density at radius 3 is 2.95 bits per heavy atom. The van der Waals surface area contributed by atoms with Crippen LogP contribution in [0.4, 0.5) is 0 Å². The van der Waals surface area contributed by atoms with E-state index in [4.69, 9.17) is 9.47 Å². The summed E-state index contributed by atoms with van der Waals surface area (Å²) >= 11 is -1.03. The van der Waals surface area contributed by atoms with E-state index in [1.165, 1.54) is 10.9 Å². The Morgan fingerprint density at radius 2 is 2.16 bits per heavy atom. The van der Waals surface area contributed by atoms with Gasteiger partial charge in [0.05, 0.1) is 0 Å². The fourth-order valence-electron chi connectivity index (χ4n) is 2.18. The van der Waals surface area contributed by atoms with Gasteiger partial charge in [0.25, 0.3) is 0 Å². The fourth-order valence-corrected chi connectivity index (χ4v) is 5.33. The van der Waals surface area contributed by atoms with Crippen LogP contribution >= 0.6 is 0 Å². The van der Waals surface area contributed by atoms with Gasteiger partial charge in [0.1, 0.15) is 0 Å². The van der Waals surface area contributed by atoms with Crippen LogP contribution in [0, 0.1) is 0 Å². The van der Waals surface area contributed by atoms with Crippen LogP contribution < -0.4 is 9.47 Å². The summed E-state index contributed by atoms with van der Waals surface area (Å²) in [4.78, 5) is 16.5. The van der Waals surface area contributed by atoms with Crippen molar-refractivity contribution in [3.05, 3.63) is 23.8 Å². The molecule has 1 heterocycles. The van der Waals surface area contributed by atoms with Gasteiger partial charge in [-0.1, -0.05) is 0 Å². The summed E-state index contributed by atoms with van der Waals surface area (Å²) in [5.74, 6) is 1.64. The fraction of sp³-hybridized carbons (Fsp3) is 0.533. The van der Waals surface area contributed by atoms with Crippen molar-refractivity contribution in [2.45, 2.75) is 33.6 Å². The number of rotatable bonds is 6. The van der Waals surface area contributed by atoms with Gasteiger partial charge in [-0.15, -0.1) is 0 Å². The molecule has 4 heteroatoms. The minimum atomic E-state index is -1.03. The maximum atomic E-state index is 11.6. The molecule has 0 unspecified atom stereocenters. The van der Waals surface area contributed by atoms with Gasteiger partial charge in [-0.05, 0) is 0 Å². The number of carbonyl (C=O) groups excluding carboxylic acids is 1. The first kappa shape index (κ1) is 14.7. The van der Waals surface area contributed by atoms with E-state index in [2.05, 4.69) is 9.88 Å².